The minimum atomic E-state index is -1.48. The standard InChI is InChI=1S/C60H51N13O12S6/c1-25(43-19-85-43)45-59-71-41(24-90-59)57-67-37(20-88-57)47-32(14-15-34(64-47)56-70-38(23-89-56)51(80)62-26(2)49(78)63-27(3)60(83)84)54-68-40(21-86-54)53(82)66-36(18-44(61)76)58-73-46(28(4)91-58)42(75)17-33(48(77)30-8-6-5-7-9-30)55-69-39(22-87-55)52(81)65-35(50(79)72-45)16-29-10-12-31(74)13-11-29/h5-15,20-25,33,35-36,43,45,48,74,77H,2-3,16-19H2,1,4H3,(H2,61,76)(H,62,80)(H,63,78)(H,65,81)(H,66,82)(H,72,79)(H,83,84). The number of hydrogen-bond donors (Lipinski definition) is 9. The summed E-state index contributed by atoms with van der Waals surface area (Å²) in [4.78, 5) is 142. The molecule has 2 aliphatic rings. The monoisotopic (exact) mass is 1340 g/mol. The number of carbonyl (C=O) groups is 8. The largest absolute Gasteiger partial charge is 0.508 e. The van der Waals surface area contributed by atoms with Gasteiger partial charge in [0.25, 0.3) is 23.6 Å². The molecule has 7 unspecified atom stereocenters. The van der Waals surface area contributed by atoms with E-state index in [9.17, 15) is 48.6 Å². The first-order chi connectivity index (χ1) is 43.6. The smallest absolute Gasteiger partial charge is 0.351 e. The molecule has 0 saturated carbocycles. The summed E-state index contributed by atoms with van der Waals surface area (Å²) in [5.41, 5.74) is 7.20. The predicted molar refractivity (Wildman–Crippen MR) is 339 cm³/mol. The molecule has 7 atom stereocenters. The number of nitrogens with one attached hydrogen (secondary N) is 5. The highest BCUT2D eigenvalue weighted by atomic mass is 32.1. The number of carboxylic acids is 1. The number of Topliss-reactive ketones (excluding diaryl/α,β-unsaturated/α-hetero) is 1. The number of aliphatic hydroxyl groups excluding tert-OH is 1. The number of aryl methyl sites for hydroxylation is 1. The molecule has 1 saturated heterocycles. The number of phenolic OH excluding ortho intramolecular Hbond substituents is 1. The summed E-state index contributed by atoms with van der Waals surface area (Å²) in [7, 11) is 0. The molecule has 91 heavy (non-hydrogen) atoms. The second kappa shape index (κ2) is 26.9. The van der Waals surface area contributed by atoms with E-state index in [4.69, 9.17) is 35.5 Å². The number of primary amides is 1. The van der Waals surface area contributed by atoms with Gasteiger partial charge in [0.05, 0.1) is 53.7 Å². The zero-order valence-corrected chi connectivity index (χ0v) is 52.6. The summed E-state index contributed by atoms with van der Waals surface area (Å²) >= 11 is 6.76. The number of carboxylic acid groups (broad SMARTS) is 1. The van der Waals surface area contributed by atoms with Crippen LogP contribution in [0.5, 0.6) is 5.75 Å². The summed E-state index contributed by atoms with van der Waals surface area (Å²) in [5, 5.41) is 54.4. The van der Waals surface area contributed by atoms with Gasteiger partial charge in [0.2, 0.25) is 11.8 Å². The topological polar surface area (TPSA) is 386 Å². The number of aliphatic hydroxyl groups is 1. The molecule has 11 rings (SSSR count). The maximum atomic E-state index is 14.9. The van der Waals surface area contributed by atoms with E-state index in [1.807, 2.05) is 12.2 Å². The number of pyridine rings is 1. The second-order valence-electron chi connectivity index (χ2n) is 20.9. The molecule has 7 aromatic heterocycles. The van der Waals surface area contributed by atoms with Gasteiger partial charge in [-0.05, 0) is 42.3 Å². The first-order valence-electron chi connectivity index (χ1n) is 27.5. The third kappa shape index (κ3) is 14.4. The number of aromatic hydroxyl groups is 1. The molecule has 0 radical (unpaired) electrons. The molecule has 9 heterocycles. The number of aliphatic carboxylic acids is 1. The van der Waals surface area contributed by atoms with Crippen LogP contribution >= 0.6 is 68.0 Å². The van der Waals surface area contributed by atoms with Gasteiger partial charge in [0, 0.05) is 62.0 Å². The maximum Gasteiger partial charge on any atom is 0.351 e. The van der Waals surface area contributed by atoms with Crippen molar-refractivity contribution in [3.63, 3.8) is 0 Å². The summed E-state index contributed by atoms with van der Waals surface area (Å²) in [5.74, 6) is -7.99. The van der Waals surface area contributed by atoms with Crippen molar-refractivity contribution in [2.45, 2.75) is 69.4 Å². The molecule has 2 aliphatic heterocycles. The number of hydrogen-bond acceptors (Lipinski definition) is 24. The number of thiazole rings is 6. The first kappa shape index (κ1) is 63.1. The molecule has 31 heteroatoms. The van der Waals surface area contributed by atoms with Crippen LogP contribution in [-0.2, 0) is 30.3 Å². The number of nitrogens with two attached hydrogens (primary N) is 1. The SMILES string of the molecule is C=C(NC(=O)C(=C)NC(=O)c1csc(-c2ccc3c(n2)-c2csc(n2)-c2csc(n2)C(C(C)C2CO2)NC(=O)C(Cc2ccc(O)cc2)NC(=O)c2csc(n2)C(C(O)c2ccccc2)CC(=O)c2nc(sc2C)C(CC(N)=O)NC(=O)c2csc-3n2)n1)C(=O)O. The maximum absolute atomic E-state index is 14.9. The molecule has 25 nitrogen and oxygen atoms in total. The van der Waals surface area contributed by atoms with Crippen molar-refractivity contribution in [3.05, 3.63) is 172 Å². The van der Waals surface area contributed by atoms with Gasteiger partial charge in [-0.2, -0.15) is 0 Å². The molecule has 10 bridgehead atoms. The predicted octanol–water partition coefficient (Wildman–Crippen LogP) is 7.44. The van der Waals surface area contributed by atoms with Gasteiger partial charge < -0.3 is 52.4 Å². The number of amides is 6. The van der Waals surface area contributed by atoms with Crippen molar-refractivity contribution in [3.8, 4) is 49.1 Å². The number of ether oxygens (including phenoxy) is 1. The van der Waals surface area contributed by atoms with E-state index in [2.05, 4.69) is 49.4 Å². The van der Waals surface area contributed by atoms with E-state index in [1.165, 1.54) is 50.9 Å². The van der Waals surface area contributed by atoms with Gasteiger partial charge in [-0.3, -0.25) is 33.6 Å². The number of fused-ring (bicyclic) bond motifs is 14. The number of nitrogens with zero attached hydrogens (tertiary/aromatic N) is 7. The van der Waals surface area contributed by atoms with Gasteiger partial charge in [-0.1, -0.05) is 62.5 Å². The lowest BCUT2D eigenvalue weighted by Gasteiger charge is -2.26. The van der Waals surface area contributed by atoms with E-state index < -0.39 is 95.2 Å². The minimum absolute atomic E-state index is 0.00336. The lowest BCUT2D eigenvalue weighted by atomic mass is 9.90. The van der Waals surface area contributed by atoms with Crippen LogP contribution in [-0.4, -0.2) is 116 Å². The Morgan fingerprint density at radius 1 is 0.692 bits per heavy atom. The highest BCUT2D eigenvalue weighted by molar-refractivity contribution is 7.15. The Labute approximate surface area is 540 Å². The molecular formula is C60H51N13O12S6. The summed E-state index contributed by atoms with van der Waals surface area (Å²) in [6, 6.07) is 15.0. The van der Waals surface area contributed by atoms with E-state index in [0.717, 1.165) is 45.3 Å². The van der Waals surface area contributed by atoms with Crippen LogP contribution in [0.4, 0.5) is 0 Å². The summed E-state index contributed by atoms with van der Waals surface area (Å²) in [6.07, 6.45) is -2.33. The number of benzene rings is 2. The summed E-state index contributed by atoms with van der Waals surface area (Å²) in [6.45, 7) is 10.8. The Balaban J connectivity index is 0.984. The van der Waals surface area contributed by atoms with Gasteiger partial charge in [-0.15, -0.1) is 68.0 Å². The van der Waals surface area contributed by atoms with Gasteiger partial charge in [0.1, 0.15) is 82.4 Å². The average molecular weight is 1340 g/mol. The van der Waals surface area contributed by atoms with Crippen LogP contribution in [0.25, 0.3) is 43.4 Å². The molecule has 0 aliphatic carbocycles. The molecule has 464 valence electrons. The molecule has 1 fully saturated rings. The molecule has 2 aromatic carbocycles. The minimum Gasteiger partial charge on any atom is -0.508 e. The van der Waals surface area contributed by atoms with Crippen molar-refractivity contribution in [2.75, 3.05) is 6.61 Å². The quantitative estimate of drug-likeness (QED) is 0.0377. The molecular weight excluding hydrogens is 1290 g/mol. The summed E-state index contributed by atoms with van der Waals surface area (Å²) < 4.78 is 5.75. The van der Waals surface area contributed by atoms with Crippen LogP contribution in [0.2, 0.25) is 0 Å². The Hall–Kier alpha value is -9.47. The molecule has 9 aromatic rings. The molecule has 10 N–H and O–H groups in total. The average Bonchev–Trinajstić information content (AvgIpc) is 1.74. The Morgan fingerprint density at radius 3 is 2.05 bits per heavy atom. The zero-order chi connectivity index (χ0) is 64.4. The third-order valence-corrected chi connectivity index (χ3v) is 20.1. The Morgan fingerprint density at radius 2 is 1.33 bits per heavy atom. The van der Waals surface area contributed by atoms with Crippen LogP contribution in [0, 0.1) is 12.8 Å². The van der Waals surface area contributed by atoms with E-state index in [0.29, 0.717) is 54.6 Å². The fourth-order valence-corrected chi connectivity index (χ4v) is 14.9. The van der Waals surface area contributed by atoms with E-state index in [1.54, 1.807) is 72.3 Å². The van der Waals surface area contributed by atoms with Crippen LogP contribution in [0.15, 0.2) is 118 Å². The zero-order valence-electron chi connectivity index (χ0n) is 47.7. The fourth-order valence-electron chi connectivity index (χ4n) is 9.58. The number of aromatic nitrogens is 7. The van der Waals surface area contributed by atoms with Crippen molar-refractivity contribution >= 4 is 115 Å². The molecule has 6 amide bonds. The number of ketones is 1. The lowest BCUT2D eigenvalue weighted by Crippen LogP contribution is -2.50. The number of carbonyl (C=O) groups excluding carboxylic acids is 7. The van der Waals surface area contributed by atoms with Crippen LogP contribution < -0.4 is 32.3 Å². The normalized spacial score (nSPS) is 18.3. The highest BCUT2D eigenvalue weighted by Gasteiger charge is 2.40. The van der Waals surface area contributed by atoms with Crippen LogP contribution in [0.3, 0.4) is 0 Å². The van der Waals surface area contributed by atoms with E-state index in [-0.39, 0.29) is 79.8 Å². The van der Waals surface area contributed by atoms with Crippen molar-refractivity contribution in [1.82, 2.24) is 61.5 Å². The van der Waals surface area contributed by atoms with E-state index >= 15 is 0 Å². The van der Waals surface area contributed by atoms with Crippen molar-refractivity contribution < 1.29 is 58.4 Å². The lowest BCUT2D eigenvalue weighted by molar-refractivity contribution is -0.134. The number of epoxide rings is 1. The fraction of sp³-hybridized carbons (Fsp3) is 0.217. The molecule has 0 spiro atoms. The van der Waals surface area contributed by atoms with Gasteiger partial charge in [-0.25, -0.2) is 39.7 Å². The van der Waals surface area contributed by atoms with Gasteiger partial charge >= 0.3 is 5.97 Å². The van der Waals surface area contributed by atoms with Crippen molar-refractivity contribution in [2.24, 2.45) is 11.7 Å². The Kier molecular flexibility index (Phi) is 18.7. The second-order valence-corrected chi connectivity index (χ2v) is 26.5. The van der Waals surface area contributed by atoms with Gasteiger partial charge in [0.15, 0.2) is 5.78 Å². The van der Waals surface area contributed by atoms with Crippen molar-refractivity contribution in [1.29, 1.82) is 0 Å². The highest BCUT2D eigenvalue weighted by Crippen LogP contribution is 2.41. The first-order valence-corrected chi connectivity index (χ1v) is 32.7. The third-order valence-electron chi connectivity index (χ3n) is 14.5. The van der Waals surface area contributed by atoms with Crippen LogP contribution in [0.1, 0.15) is 117 Å². The Bertz CT molecular complexity index is 4360. The number of phenols is 1. The number of rotatable bonds is 14.